The van der Waals surface area contributed by atoms with Gasteiger partial charge in [0, 0.05) is 25.8 Å². The van der Waals surface area contributed by atoms with Crippen LogP contribution in [-0.2, 0) is 11.2 Å². The van der Waals surface area contributed by atoms with E-state index in [0.717, 1.165) is 16.7 Å². The highest BCUT2D eigenvalue weighted by Gasteiger charge is 2.46. The van der Waals surface area contributed by atoms with Gasteiger partial charge in [0.2, 0.25) is 5.91 Å². The number of nitrogens with one attached hydrogen (secondary N) is 1. The number of hydrogen-bond acceptors (Lipinski definition) is 4. The van der Waals surface area contributed by atoms with Crippen LogP contribution in [0.2, 0.25) is 0 Å². The summed E-state index contributed by atoms with van der Waals surface area (Å²) < 4.78 is 13.3. The predicted octanol–water partition coefficient (Wildman–Crippen LogP) is 3.68. The predicted molar refractivity (Wildman–Crippen MR) is 126 cm³/mol. The average Bonchev–Trinajstić information content (AvgIpc) is 3.25. The number of halogens is 1. The molecule has 2 aromatic carbocycles. The topological polar surface area (TPSA) is 88.3 Å². The minimum absolute atomic E-state index is 0.0633. The Kier molecular flexibility index (Phi) is 6.40. The number of benzene rings is 2. The number of aromatic nitrogens is 1. The van der Waals surface area contributed by atoms with Gasteiger partial charge in [-0.25, -0.2) is 9.37 Å². The number of amides is 2. The summed E-state index contributed by atoms with van der Waals surface area (Å²) in [5.41, 5.74) is 8.35. The molecule has 0 aliphatic carbocycles. The van der Waals surface area contributed by atoms with E-state index in [1.165, 1.54) is 12.1 Å². The molecule has 1 aromatic heterocycles. The third kappa shape index (κ3) is 4.72. The number of nitrogens with two attached hydrogens (primary N) is 1. The summed E-state index contributed by atoms with van der Waals surface area (Å²) in [6.07, 6.45) is 2.58. The molecule has 0 spiro atoms. The lowest BCUT2D eigenvalue weighted by atomic mass is 9.79. The number of carbonyl (C=O) groups is 2. The Morgan fingerprint density at radius 2 is 1.91 bits per heavy atom. The third-order valence-corrected chi connectivity index (χ3v) is 6.18. The lowest BCUT2D eigenvalue weighted by Gasteiger charge is -2.28. The van der Waals surface area contributed by atoms with Crippen LogP contribution in [0, 0.1) is 11.2 Å². The van der Waals surface area contributed by atoms with Gasteiger partial charge in [-0.1, -0.05) is 36.4 Å². The molecule has 2 amide bonds. The number of nitrogens with zero attached hydrogens (tertiary/aromatic N) is 2. The first-order valence-corrected chi connectivity index (χ1v) is 11.0. The van der Waals surface area contributed by atoms with Crippen LogP contribution in [0.25, 0.3) is 11.1 Å². The molecular formula is C26H27FN4O2. The molecule has 1 aliphatic rings. The maximum atomic E-state index is 13.3. The highest BCUT2D eigenvalue weighted by atomic mass is 19.1. The van der Waals surface area contributed by atoms with Crippen molar-refractivity contribution in [1.82, 2.24) is 15.2 Å². The number of hydrogen-bond donors (Lipinski definition) is 2. The van der Waals surface area contributed by atoms with Gasteiger partial charge in [0.25, 0.3) is 5.91 Å². The van der Waals surface area contributed by atoms with E-state index in [9.17, 15) is 14.0 Å². The van der Waals surface area contributed by atoms with Gasteiger partial charge in [0.15, 0.2) is 0 Å². The second-order valence-electron chi connectivity index (χ2n) is 8.44. The molecular weight excluding hydrogens is 419 g/mol. The van der Waals surface area contributed by atoms with Gasteiger partial charge in [-0.05, 0) is 60.7 Å². The van der Waals surface area contributed by atoms with Gasteiger partial charge in [-0.3, -0.25) is 9.59 Å². The van der Waals surface area contributed by atoms with Crippen molar-refractivity contribution in [1.29, 1.82) is 0 Å². The molecule has 1 aliphatic heterocycles. The summed E-state index contributed by atoms with van der Waals surface area (Å²) in [6.45, 7) is 3.16. The summed E-state index contributed by atoms with van der Waals surface area (Å²) in [4.78, 5) is 32.0. The molecule has 170 valence electrons. The molecule has 0 radical (unpaired) electrons. The maximum absolute atomic E-state index is 13.3. The van der Waals surface area contributed by atoms with Crippen molar-refractivity contribution in [2.45, 2.75) is 19.8 Å². The molecule has 7 heteroatoms. The minimum atomic E-state index is -0.746. The summed E-state index contributed by atoms with van der Waals surface area (Å²) in [5.74, 6) is -0.376. The zero-order chi connectivity index (χ0) is 23.4. The molecule has 1 unspecified atom stereocenters. The molecule has 0 saturated carbocycles. The third-order valence-electron chi connectivity index (χ3n) is 6.18. The SMILES string of the molecule is CCNC(=O)C1(Cc2cccc(-c3ccc(F)cc3)c2)CCN(C(=O)c2cccnc2N)C1. The molecule has 33 heavy (non-hydrogen) atoms. The Morgan fingerprint density at radius 3 is 2.64 bits per heavy atom. The Labute approximate surface area is 192 Å². The first-order chi connectivity index (χ1) is 15.9. The highest BCUT2D eigenvalue weighted by molar-refractivity contribution is 5.99. The fraction of sp³-hybridized carbons (Fsp3) is 0.269. The van der Waals surface area contributed by atoms with Gasteiger partial charge >= 0.3 is 0 Å². The largest absolute Gasteiger partial charge is 0.383 e. The first kappa shape index (κ1) is 22.5. The van der Waals surface area contributed by atoms with Gasteiger partial charge in [0.1, 0.15) is 11.6 Å². The second-order valence-corrected chi connectivity index (χ2v) is 8.44. The van der Waals surface area contributed by atoms with Gasteiger partial charge in [-0.15, -0.1) is 0 Å². The van der Waals surface area contributed by atoms with Crippen LogP contribution in [-0.4, -0.2) is 41.3 Å². The quantitative estimate of drug-likeness (QED) is 0.605. The van der Waals surface area contributed by atoms with Gasteiger partial charge < -0.3 is 16.0 Å². The normalized spacial score (nSPS) is 17.7. The molecule has 3 N–H and O–H groups in total. The lowest BCUT2D eigenvalue weighted by molar-refractivity contribution is -0.130. The van der Waals surface area contributed by atoms with Crippen LogP contribution >= 0.6 is 0 Å². The number of likely N-dealkylation sites (tertiary alicyclic amines) is 1. The van der Waals surface area contributed by atoms with Crippen LogP contribution in [0.4, 0.5) is 10.2 Å². The zero-order valence-electron chi connectivity index (χ0n) is 18.6. The molecule has 0 bridgehead atoms. The molecule has 3 aromatic rings. The van der Waals surface area contributed by atoms with E-state index in [0.29, 0.717) is 38.0 Å². The van der Waals surface area contributed by atoms with E-state index in [2.05, 4.69) is 10.3 Å². The summed E-state index contributed by atoms with van der Waals surface area (Å²) in [5, 5.41) is 2.96. The molecule has 1 fully saturated rings. The van der Waals surface area contributed by atoms with Crippen molar-refractivity contribution in [3.63, 3.8) is 0 Å². The number of pyridine rings is 1. The average molecular weight is 447 g/mol. The van der Waals surface area contributed by atoms with E-state index >= 15 is 0 Å². The zero-order valence-corrected chi connectivity index (χ0v) is 18.6. The first-order valence-electron chi connectivity index (χ1n) is 11.0. The van der Waals surface area contributed by atoms with Crippen molar-refractivity contribution >= 4 is 17.6 Å². The molecule has 2 heterocycles. The van der Waals surface area contributed by atoms with Crippen LogP contribution in [0.15, 0.2) is 66.9 Å². The van der Waals surface area contributed by atoms with Crippen LogP contribution < -0.4 is 11.1 Å². The Bertz CT molecular complexity index is 1160. The standard InChI is InChI=1S/C26H27FN4O2/c1-2-29-25(33)26(12-14-31(17-26)24(32)22-7-4-13-30-23(22)28)16-18-5-3-6-20(15-18)19-8-10-21(27)11-9-19/h3-11,13,15H,2,12,14,16-17H2,1H3,(H2,28,30)(H,29,33). The van der Waals surface area contributed by atoms with E-state index in [-0.39, 0.29) is 23.4 Å². The molecule has 1 saturated heterocycles. The molecule has 6 nitrogen and oxygen atoms in total. The van der Waals surface area contributed by atoms with Crippen molar-refractivity contribution in [3.05, 3.63) is 83.8 Å². The van der Waals surface area contributed by atoms with Crippen molar-refractivity contribution in [3.8, 4) is 11.1 Å². The van der Waals surface area contributed by atoms with Crippen molar-refractivity contribution in [2.24, 2.45) is 5.41 Å². The molecule has 1 atom stereocenters. The Balaban J connectivity index is 1.60. The number of anilines is 1. The van der Waals surface area contributed by atoms with E-state index in [1.54, 1.807) is 35.4 Å². The maximum Gasteiger partial charge on any atom is 0.257 e. The summed E-state index contributed by atoms with van der Waals surface area (Å²) in [6, 6.07) is 17.6. The fourth-order valence-electron chi connectivity index (χ4n) is 4.47. The number of rotatable bonds is 6. The lowest BCUT2D eigenvalue weighted by Crippen LogP contribution is -2.45. The van der Waals surface area contributed by atoms with Crippen LogP contribution in [0.3, 0.4) is 0 Å². The monoisotopic (exact) mass is 446 g/mol. The minimum Gasteiger partial charge on any atom is -0.383 e. The van der Waals surface area contributed by atoms with Crippen molar-refractivity contribution < 1.29 is 14.0 Å². The van der Waals surface area contributed by atoms with Gasteiger partial charge in [-0.2, -0.15) is 0 Å². The second kappa shape index (κ2) is 9.40. The summed E-state index contributed by atoms with van der Waals surface area (Å²) in [7, 11) is 0. The molecule has 4 rings (SSSR count). The van der Waals surface area contributed by atoms with Crippen LogP contribution in [0.1, 0.15) is 29.3 Å². The highest BCUT2D eigenvalue weighted by Crippen LogP contribution is 2.36. The van der Waals surface area contributed by atoms with Crippen molar-refractivity contribution in [2.75, 3.05) is 25.4 Å². The van der Waals surface area contributed by atoms with E-state index in [1.807, 2.05) is 31.2 Å². The Hall–Kier alpha value is -3.74. The van der Waals surface area contributed by atoms with Gasteiger partial charge in [0.05, 0.1) is 11.0 Å². The fourth-order valence-corrected chi connectivity index (χ4v) is 4.47. The van der Waals surface area contributed by atoms with E-state index in [4.69, 9.17) is 5.73 Å². The number of nitrogen functional groups attached to an aromatic ring is 1. The van der Waals surface area contributed by atoms with Crippen LogP contribution in [0.5, 0.6) is 0 Å². The Morgan fingerprint density at radius 1 is 1.12 bits per heavy atom. The smallest absolute Gasteiger partial charge is 0.257 e. The number of carbonyl (C=O) groups excluding carboxylic acids is 2. The van der Waals surface area contributed by atoms with E-state index < -0.39 is 5.41 Å². The summed E-state index contributed by atoms with van der Waals surface area (Å²) >= 11 is 0.